The zero-order chi connectivity index (χ0) is 9.52. The van der Waals surface area contributed by atoms with Crippen LogP contribution in [0.2, 0.25) is 0 Å². The Bertz CT molecular complexity index is 221. The minimum atomic E-state index is -0.330. The number of benzene rings is 1. The van der Waals surface area contributed by atoms with Crippen LogP contribution in [0.1, 0.15) is 18.9 Å². The Labute approximate surface area is 79.2 Å². The van der Waals surface area contributed by atoms with Gasteiger partial charge in [-0.05, 0) is 12.0 Å². The largest absolute Gasteiger partial charge is 0.391 e. The van der Waals surface area contributed by atoms with Crippen LogP contribution in [0, 0.1) is 0 Å². The second-order valence-corrected chi connectivity index (χ2v) is 3.06. The third-order valence-electron chi connectivity index (χ3n) is 1.89. The maximum Gasteiger partial charge on any atom is 0.0771 e. The number of rotatable bonds is 5. The number of ether oxygens (including phenoxy) is 1. The Morgan fingerprint density at radius 2 is 2.00 bits per heavy atom. The zero-order valence-corrected chi connectivity index (χ0v) is 7.94. The van der Waals surface area contributed by atoms with E-state index in [0.717, 1.165) is 12.0 Å². The molecular formula is C11H16O2. The topological polar surface area (TPSA) is 29.5 Å². The number of aliphatic hydroxyl groups excluding tert-OH is 1. The maximum absolute atomic E-state index is 9.21. The third-order valence-corrected chi connectivity index (χ3v) is 1.89. The highest BCUT2D eigenvalue weighted by Gasteiger charge is 1.99. The average molecular weight is 180 g/mol. The first kappa shape index (κ1) is 10.2. The van der Waals surface area contributed by atoms with Gasteiger partial charge in [0.15, 0.2) is 0 Å². The molecule has 1 aromatic rings. The molecule has 1 aromatic carbocycles. The van der Waals surface area contributed by atoms with Crippen molar-refractivity contribution in [3.63, 3.8) is 0 Å². The molecule has 0 fully saturated rings. The first-order valence-electron chi connectivity index (χ1n) is 4.62. The van der Waals surface area contributed by atoms with E-state index in [0.29, 0.717) is 13.2 Å². The third kappa shape index (κ3) is 4.06. The fourth-order valence-electron chi connectivity index (χ4n) is 1.00. The van der Waals surface area contributed by atoms with E-state index in [1.807, 2.05) is 37.3 Å². The molecule has 0 aliphatic rings. The minimum Gasteiger partial charge on any atom is -0.391 e. The molecule has 0 aromatic heterocycles. The van der Waals surface area contributed by atoms with Gasteiger partial charge in [0.2, 0.25) is 0 Å². The van der Waals surface area contributed by atoms with Gasteiger partial charge in [0.25, 0.3) is 0 Å². The van der Waals surface area contributed by atoms with Crippen molar-refractivity contribution in [2.24, 2.45) is 0 Å². The van der Waals surface area contributed by atoms with Gasteiger partial charge in [-0.25, -0.2) is 0 Å². The predicted molar refractivity (Wildman–Crippen MR) is 52.4 cm³/mol. The molecule has 1 rings (SSSR count). The second kappa shape index (κ2) is 5.73. The van der Waals surface area contributed by atoms with E-state index in [9.17, 15) is 5.11 Å². The zero-order valence-electron chi connectivity index (χ0n) is 7.94. The molecular weight excluding hydrogens is 164 g/mol. The fourth-order valence-corrected chi connectivity index (χ4v) is 1.00. The van der Waals surface area contributed by atoms with Crippen molar-refractivity contribution in [3.05, 3.63) is 35.9 Å². The number of aliphatic hydroxyl groups is 1. The highest BCUT2D eigenvalue weighted by molar-refractivity contribution is 5.13. The summed E-state index contributed by atoms with van der Waals surface area (Å²) >= 11 is 0. The fraction of sp³-hybridized carbons (Fsp3) is 0.455. The standard InChI is InChI=1S/C11H16O2/c1-2-11(12)9-13-8-10-6-4-3-5-7-10/h3-7,11-12H,2,8-9H2,1H3. The van der Waals surface area contributed by atoms with Crippen LogP contribution in [0.25, 0.3) is 0 Å². The molecule has 0 amide bonds. The highest BCUT2D eigenvalue weighted by Crippen LogP contribution is 2.01. The van der Waals surface area contributed by atoms with E-state index in [4.69, 9.17) is 4.74 Å². The van der Waals surface area contributed by atoms with Crippen molar-refractivity contribution in [1.29, 1.82) is 0 Å². The number of hydrogen-bond acceptors (Lipinski definition) is 2. The van der Waals surface area contributed by atoms with Crippen molar-refractivity contribution in [1.82, 2.24) is 0 Å². The minimum absolute atomic E-state index is 0.330. The molecule has 0 spiro atoms. The first-order chi connectivity index (χ1) is 6.33. The molecule has 0 heterocycles. The van der Waals surface area contributed by atoms with Crippen LogP contribution in [-0.2, 0) is 11.3 Å². The maximum atomic E-state index is 9.21. The summed E-state index contributed by atoms with van der Waals surface area (Å²) in [5, 5.41) is 9.21. The van der Waals surface area contributed by atoms with Crippen molar-refractivity contribution in [2.45, 2.75) is 26.1 Å². The van der Waals surface area contributed by atoms with E-state index >= 15 is 0 Å². The molecule has 0 aliphatic heterocycles. The lowest BCUT2D eigenvalue weighted by Gasteiger charge is -2.08. The van der Waals surface area contributed by atoms with Crippen LogP contribution < -0.4 is 0 Å². The van der Waals surface area contributed by atoms with E-state index in [1.54, 1.807) is 0 Å². The molecule has 2 nitrogen and oxygen atoms in total. The lowest BCUT2D eigenvalue weighted by molar-refractivity contribution is 0.0269. The van der Waals surface area contributed by atoms with E-state index in [2.05, 4.69) is 0 Å². The van der Waals surface area contributed by atoms with Gasteiger partial charge in [0.05, 0.1) is 19.3 Å². The highest BCUT2D eigenvalue weighted by atomic mass is 16.5. The molecule has 1 atom stereocenters. The van der Waals surface area contributed by atoms with Gasteiger partial charge in [0.1, 0.15) is 0 Å². The molecule has 0 saturated carbocycles. The van der Waals surface area contributed by atoms with Crippen LogP contribution in [0.5, 0.6) is 0 Å². The molecule has 0 radical (unpaired) electrons. The number of hydrogen-bond donors (Lipinski definition) is 1. The molecule has 72 valence electrons. The van der Waals surface area contributed by atoms with Gasteiger partial charge in [-0.2, -0.15) is 0 Å². The Hall–Kier alpha value is -0.860. The SMILES string of the molecule is CCC(O)COCc1ccccc1. The summed E-state index contributed by atoms with van der Waals surface area (Å²) in [6, 6.07) is 9.96. The van der Waals surface area contributed by atoms with E-state index < -0.39 is 0 Å². The van der Waals surface area contributed by atoms with Crippen LogP contribution in [-0.4, -0.2) is 17.8 Å². The van der Waals surface area contributed by atoms with Crippen LogP contribution in [0.3, 0.4) is 0 Å². The Morgan fingerprint density at radius 3 is 2.62 bits per heavy atom. The van der Waals surface area contributed by atoms with Crippen molar-refractivity contribution in [2.75, 3.05) is 6.61 Å². The van der Waals surface area contributed by atoms with Gasteiger partial charge in [-0.1, -0.05) is 37.3 Å². The monoisotopic (exact) mass is 180 g/mol. The summed E-state index contributed by atoms with van der Waals surface area (Å²) in [6.45, 7) is 2.94. The van der Waals surface area contributed by atoms with E-state index in [1.165, 1.54) is 0 Å². The molecule has 1 N–H and O–H groups in total. The molecule has 1 unspecified atom stereocenters. The van der Waals surface area contributed by atoms with Crippen molar-refractivity contribution < 1.29 is 9.84 Å². The summed E-state index contributed by atoms with van der Waals surface area (Å²) in [6.07, 6.45) is 0.415. The molecule has 2 heteroatoms. The average Bonchev–Trinajstić information content (AvgIpc) is 2.19. The Kier molecular flexibility index (Phi) is 4.50. The van der Waals surface area contributed by atoms with Gasteiger partial charge in [-0.15, -0.1) is 0 Å². The lowest BCUT2D eigenvalue weighted by atomic mass is 10.2. The first-order valence-corrected chi connectivity index (χ1v) is 4.62. The molecule has 0 saturated heterocycles. The smallest absolute Gasteiger partial charge is 0.0771 e. The van der Waals surface area contributed by atoms with E-state index in [-0.39, 0.29) is 6.10 Å². The van der Waals surface area contributed by atoms with Crippen LogP contribution >= 0.6 is 0 Å². The van der Waals surface area contributed by atoms with Gasteiger partial charge in [-0.3, -0.25) is 0 Å². The summed E-state index contributed by atoms with van der Waals surface area (Å²) in [5.41, 5.74) is 1.14. The van der Waals surface area contributed by atoms with Gasteiger partial charge < -0.3 is 9.84 Å². The quantitative estimate of drug-likeness (QED) is 0.750. The Morgan fingerprint density at radius 1 is 1.31 bits per heavy atom. The van der Waals surface area contributed by atoms with Crippen molar-refractivity contribution in [3.8, 4) is 0 Å². The normalized spacial score (nSPS) is 12.8. The Balaban J connectivity index is 2.20. The van der Waals surface area contributed by atoms with Gasteiger partial charge >= 0.3 is 0 Å². The summed E-state index contributed by atoms with van der Waals surface area (Å²) in [5.74, 6) is 0. The lowest BCUT2D eigenvalue weighted by Crippen LogP contribution is -2.13. The molecule has 0 aliphatic carbocycles. The van der Waals surface area contributed by atoms with Crippen LogP contribution in [0.15, 0.2) is 30.3 Å². The predicted octanol–water partition coefficient (Wildman–Crippen LogP) is 1.97. The molecule has 0 bridgehead atoms. The summed E-state index contributed by atoms with van der Waals surface area (Å²) < 4.78 is 5.32. The summed E-state index contributed by atoms with van der Waals surface area (Å²) in [7, 11) is 0. The second-order valence-electron chi connectivity index (χ2n) is 3.06. The summed E-state index contributed by atoms with van der Waals surface area (Å²) in [4.78, 5) is 0. The van der Waals surface area contributed by atoms with Crippen LogP contribution in [0.4, 0.5) is 0 Å². The van der Waals surface area contributed by atoms with Gasteiger partial charge in [0, 0.05) is 0 Å². The molecule has 13 heavy (non-hydrogen) atoms. The van der Waals surface area contributed by atoms with Crippen molar-refractivity contribution >= 4 is 0 Å².